The second-order valence-electron chi connectivity index (χ2n) is 6.35. The molecule has 0 heterocycles. The van der Waals surface area contributed by atoms with Crippen LogP contribution in [0.25, 0.3) is 0 Å². The number of hydrogen-bond donors (Lipinski definition) is 1. The Balaban J connectivity index is 2.53. The first-order chi connectivity index (χ1) is 10.6. The van der Waals surface area contributed by atoms with Crippen molar-refractivity contribution in [2.75, 3.05) is 6.61 Å². The summed E-state index contributed by atoms with van der Waals surface area (Å²) in [6, 6.07) is 8.77. The number of hydrogen-bond acceptors (Lipinski definition) is 1. The van der Waals surface area contributed by atoms with Crippen molar-refractivity contribution < 1.29 is 5.11 Å². The third kappa shape index (κ3) is 6.50. The minimum Gasteiger partial charge on any atom is -0.396 e. The first-order valence-electron chi connectivity index (χ1n) is 8.39. The fraction of sp³-hybridized carbons (Fsp3) is 0.524. The van der Waals surface area contributed by atoms with Gasteiger partial charge in [0, 0.05) is 13.0 Å². The van der Waals surface area contributed by atoms with Crippen molar-refractivity contribution in [3.8, 4) is 12.3 Å². The summed E-state index contributed by atoms with van der Waals surface area (Å²) in [5.41, 5.74) is 3.98. The van der Waals surface area contributed by atoms with E-state index in [2.05, 4.69) is 50.6 Å². The van der Waals surface area contributed by atoms with Crippen molar-refractivity contribution in [1.82, 2.24) is 0 Å². The molecule has 0 radical (unpaired) electrons. The Morgan fingerprint density at radius 2 is 1.86 bits per heavy atom. The van der Waals surface area contributed by atoms with Gasteiger partial charge in [0.25, 0.3) is 0 Å². The minimum atomic E-state index is 0.196. The molecule has 22 heavy (non-hydrogen) atoms. The smallest absolute Gasteiger partial charge is 0.0465 e. The summed E-state index contributed by atoms with van der Waals surface area (Å²) >= 11 is 0. The van der Waals surface area contributed by atoms with Crippen LogP contribution in [0, 0.1) is 24.2 Å². The largest absolute Gasteiger partial charge is 0.396 e. The van der Waals surface area contributed by atoms with Crippen molar-refractivity contribution in [1.29, 1.82) is 0 Å². The van der Waals surface area contributed by atoms with Crippen LogP contribution in [-0.4, -0.2) is 11.7 Å². The van der Waals surface area contributed by atoms with Gasteiger partial charge in [-0.15, -0.1) is 12.3 Å². The van der Waals surface area contributed by atoms with Gasteiger partial charge in [0.15, 0.2) is 0 Å². The number of rotatable bonds is 10. The van der Waals surface area contributed by atoms with Crippen molar-refractivity contribution in [3.05, 3.63) is 47.5 Å². The van der Waals surface area contributed by atoms with Crippen LogP contribution in [0.5, 0.6) is 0 Å². The number of aliphatic hydroxyl groups excluding tert-OH is 1. The molecule has 0 aliphatic rings. The molecule has 0 bridgehead atoms. The van der Waals surface area contributed by atoms with Crippen LogP contribution in [0.2, 0.25) is 0 Å². The lowest BCUT2D eigenvalue weighted by atomic mass is 9.86. The van der Waals surface area contributed by atoms with E-state index in [1.54, 1.807) is 0 Å². The number of aliphatic hydroxyl groups is 1. The second-order valence-corrected chi connectivity index (χ2v) is 6.35. The first-order valence-corrected chi connectivity index (χ1v) is 8.39. The minimum absolute atomic E-state index is 0.196. The lowest BCUT2D eigenvalue weighted by Gasteiger charge is -2.20. The molecule has 0 saturated heterocycles. The lowest BCUT2D eigenvalue weighted by Crippen LogP contribution is -2.18. The van der Waals surface area contributed by atoms with Crippen molar-refractivity contribution in [2.24, 2.45) is 11.8 Å². The monoisotopic (exact) mass is 298 g/mol. The highest BCUT2D eigenvalue weighted by molar-refractivity contribution is 5.24. The van der Waals surface area contributed by atoms with E-state index in [1.165, 1.54) is 23.1 Å². The molecule has 0 aromatic heterocycles. The van der Waals surface area contributed by atoms with Crippen molar-refractivity contribution >= 4 is 0 Å². The molecular weight excluding hydrogens is 268 g/mol. The van der Waals surface area contributed by atoms with Gasteiger partial charge >= 0.3 is 0 Å². The average Bonchev–Trinajstić information content (AvgIpc) is 2.52. The highest BCUT2D eigenvalue weighted by atomic mass is 16.3. The molecule has 1 aromatic rings. The van der Waals surface area contributed by atoms with Gasteiger partial charge in [0.05, 0.1) is 0 Å². The van der Waals surface area contributed by atoms with Gasteiger partial charge in [-0.25, -0.2) is 0 Å². The topological polar surface area (TPSA) is 20.2 Å². The molecule has 1 unspecified atom stereocenters. The van der Waals surface area contributed by atoms with E-state index in [0.717, 1.165) is 32.1 Å². The summed E-state index contributed by atoms with van der Waals surface area (Å²) < 4.78 is 0. The number of terminal acetylenes is 1. The molecule has 1 N–H and O–H groups in total. The Labute approximate surface area is 136 Å². The summed E-state index contributed by atoms with van der Waals surface area (Å²) in [4.78, 5) is 0. The molecule has 1 nitrogen and oxygen atoms in total. The van der Waals surface area contributed by atoms with E-state index in [4.69, 9.17) is 6.42 Å². The molecule has 0 fully saturated rings. The van der Waals surface area contributed by atoms with E-state index in [-0.39, 0.29) is 12.5 Å². The van der Waals surface area contributed by atoms with Gasteiger partial charge < -0.3 is 5.11 Å². The Morgan fingerprint density at radius 1 is 1.23 bits per heavy atom. The van der Waals surface area contributed by atoms with Crippen LogP contribution in [0.4, 0.5) is 0 Å². The van der Waals surface area contributed by atoms with E-state index in [1.807, 2.05) is 0 Å². The van der Waals surface area contributed by atoms with Crippen LogP contribution in [0.1, 0.15) is 50.7 Å². The quantitative estimate of drug-likeness (QED) is 0.486. The van der Waals surface area contributed by atoms with Gasteiger partial charge in [-0.3, -0.25) is 0 Å². The lowest BCUT2D eigenvalue weighted by molar-refractivity contribution is 0.183. The fourth-order valence-corrected chi connectivity index (χ4v) is 2.74. The normalized spacial score (nSPS) is 13.4. The zero-order chi connectivity index (χ0) is 16.4. The van der Waals surface area contributed by atoms with Crippen molar-refractivity contribution in [2.45, 2.75) is 52.4 Å². The first kappa shape index (κ1) is 18.5. The summed E-state index contributed by atoms with van der Waals surface area (Å²) in [6.45, 7) is 8.63. The van der Waals surface area contributed by atoms with Crippen LogP contribution >= 0.6 is 0 Å². The van der Waals surface area contributed by atoms with E-state index in [9.17, 15) is 5.11 Å². The molecule has 0 saturated carbocycles. The standard InChI is InChI=1S/C21H30O/c1-5-7-17(3)9-10-19-11-13-20(14-12-19)15-21(16-22)18(4)8-6-2/h2,11-14,18,21-22H,3,5,7-10,15-16H2,1,4H3/t18?,21-/m0/s1. The summed E-state index contributed by atoms with van der Waals surface area (Å²) in [5.74, 6) is 3.29. The molecule has 2 atom stereocenters. The van der Waals surface area contributed by atoms with Crippen LogP contribution in [-0.2, 0) is 12.8 Å². The predicted octanol–water partition coefficient (Wildman–Crippen LogP) is 4.79. The molecular formula is C21H30O. The fourth-order valence-electron chi connectivity index (χ4n) is 2.74. The maximum Gasteiger partial charge on any atom is 0.0465 e. The molecule has 0 spiro atoms. The van der Waals surface area contributed by atoms with Crippen LogP contribution in [0.3, 0.4) is 0 Å². The highest BCUT2D eigenvalue weighted by Crippen LogP contribution is 2.21. The van der Waals surface area contributed by atoms with E-state index >= 15 is 0 Å². The Morgan fingerprint density at radius 3 is 2.41 bits per heavy atom. The third-order valence-electron chi connectivity index (χ3n) is 4.37. The van der Waals surface area contributed by atoms with Gasteiger partial charge in [-0.2, -0.15) is 0 Å². The van der Waals surface area contributed by atoms with Gasteiger partial charge in [0.1, 0.15) is 0 Å². The number of aryl methyl sites for hydroxylation is 1. The van der Waals surface area contributed by atoms with Crippen molar-refractivity contribution in [3.63, 3.8) is 0 Å². The maximum atomic E-state index is 9.56. The number of allylic oxidation sites excluding steroid dienone is 1. The van der Waals surface area contributed by atoms with Gasteiger partial charge in [-0.05, 0) is 48.6 Å². The maximum absolute atomic E-state index is 9.56. The Bertz CT molecular complexity index is 478. The zero-order valence-electron chi connectivity index (χ0n) is 14.1. The molecule has 1 rings (SSSR count). The molecule has 0 amide bonds. The molecule has 1 aromatic carbocycles. The predicted molar refractivity (Wildman–Crippen MR) is 95.7 cm³/mol. The summed E-state index contributed by atoms with van der Waals surface area (Å²) in [6.07, 6.45) is 11.4. The zero-order valence-corrected chi connectivity index (χ0v) is 14.1. The molecule has 120 valence electrons. The summed E-state index contributed by atoms with van der Waals surface area (Å²) in [5, 5.41) is 9.56. The Hall–Kier alpha value is -1.52. The van der Waals surface area contributed by atoms with Crippen LogP contribution in [0.15, 0.2) is 36.4 Å². The Kier molecular flexibility index (Phi) is 8.63. The van der Waals surface area contributed by atoms with E-state index < -0.39 is 0 Å². The van der Waals surface area contributed by atoms with Gasteiger partial charge in [0.2, 0.25) is 0 Å². The van der Waals surface area contributed by atoms with Crippen LogP contribution < -0.4 is 0 Å². The van der Waals surface area contributed by atoms with E-state index in [0.29, 0.717) is 5.92 Å². The third-order valence-corrected chi connectivity index (χ3v) is 4.37. The molecule has 0 aliphatic heterocycles. The second kappa shape index (κ2) is 10.2. The molecule has 1 heteroatoms. The average molecular weight is 298 g/mol. The van der Waals surface area contributed by atoms with Gasteiger partial charge in [-0.1, -0.05) is 56.7 Å². The summed E-state index contributed by atoms with van der Waals surface area (Å²) in [7, 11) is 0. The SMILES string of the molecule is C#CCC(C)[C@H](CO)Cc1ccc(CCC(=C)CCC)cc1. The highest BCUT2D eigenvalue weighted by Gasteiger charge is 2.16. The number of benzene rings is 1. The molecule has 0 aliphatic carbocycles.